The molecule has 0 saturated carbocycles. The van der Waals surface area contributed by atoms with Crippen molar-refractivity contribution in [2.45, 2.75) is 39.4 Å². The van der Waals surface area contributed by atoms with E-state index in [1.54, 1.807) is 6.20 Å². The summed E-state index contributed by atoms with van der Waals surface area (Å²) in [7, 11) is 0. The van der Waals surface area contributed by atoms with E-state index < -0.39 is 0 Å². The highest BCUT2D eigenvalue weighted by atomic mass is 16.5. The molecule has 0 radical (unpaired) electrons. The van der Waals surface area contributed by atoms with E-state index in [1.165, 1.54) is 0 Å². The van der Waals surface area contributed by atoms with E-state index in [9.17, 15) is 0 Å². The van der Waals surface area contributed by atoms with Crippen LogP contribution in [-0.4, -0.2) is 15.7 Å². The van der Waals surface area contributed by atoms with Crippen LogP contribution in [0.4, 0.5) is 0 Å². The maximum atomic E-state index is 9.13. The highest BCUT2D eigenvalue weighted by Gasteiger charge is 2.32. The number of rotatable bonds is 3. The van der Waals surface area contributed by atoms with Crippen LogP contribution in [0.3, 0.4) is 0 Å². The molecule has 1 aromatic heterocycles. The Kier molecular flexibility index (Phi) is 3.33. The van der Waals surface area contributed by atoms with Gasteiger partial charge in [0.05, 0.1) is 6.61 Å². The second-order valence-corrected chi connectivity index (χ2v) is 6.01. The number of nitrogens with zero attached hydrogens (tertiary/aromatic N) is 1. The van der Waals surface area contributed by atoms with Crippen molar-refractivity contribution in [2.75, 3.05) is 0 Å². The van der Waals surface area contributed by atoms with Gasteiger partial charge in [-0.15, -0.1) is 0 Å². The van der Waals surface area contributed by atoms with Crippen LogP contribution in [0.25, 0.3) is 0 Å². The largest absolute Gasteiger partial charge is 0.483 e. The third-order valence-electron chi connectivity index (χ3n) is 3.53. The van der Waals surface area contributed by atoms with Crippen LogP contribution in [-0.2, 0) is 13.0 Å². The predicted octanol–water partition coefficient (Wildman–Crippen LogP) is 3.39. The van der Waals surface area contributed by atoms with Crippen LogP contribution in [0, 0.1) is 6.92 Å². The Labute approximate surface area is 124 Å². The number of benzene rings is 1. The predicted molar refractivity (Wildman–Crippen MR) is 79.8 cm³/mol. The third kappa shape index (κ3) is 2.72. The van der Waals surface area contributed by atoms with Crippen molar-refractivity contribution in [3.63, 3.8) is 0 Å². The van der Waals surface area contributed by atoms with Gasteiger partial charge in [-0.1, -0.05) is 12.1 Å². The Balaban J connectivity index is 1.92. The smallest absolute Gasteiger partial charge is 0.222 e. The number of aliphatic hydroxyl groups is 1. The lowest BCUT2D eigenvalue weighted by atomic mass is 10.0. The number of aliphatic hydroxyl groups excluding tert-OH is 1. The van der Waals surface area contributed by atoms with Gasteiger partial charge in [0.1, 0.15) is 5.60 Å². The molecule has 1 aromatic carbocycles. The van der Waals surface area contributed by atoms with E-state index in [1.807, 2.05) is 25.1 Å². The average Bonchev–Trinajstić information content (AvgIpc) is 2.76. The number of aromatic nitrogens is 1. The van der Waals surface area contributed by atoms with Crippen LogP contribution in [0.1, 0.15) is 30.5 Å². The number of ether oxygens (including phenoxy) is 2. The maximum Gasteiger partial charge on any atom is 0.222 e. The van der Waals surface area contributed by atoms with E-state index in [0.29, 0.717) is 11.6 Å². The van der Waals surface area contributed by atoms with Gasteiger partial charge in [-0.25, -0.2) is 4.98 Å². The third-order valence-corrected chi connectivity index (χ3v) is 3.53. The summed E-state index contributed by atoms with van der Waals surface area (Å²) in [5.74, 6) is 2.02. The first kappa shape index (κ1) is 13.9. The molecule has 1 aliphatic heterocycles. The Morgan fingerprint density at radius 3 is 2.90 bits per heavy atom. The molecule has 2 aromatic rings. The molecule has 2 heterocycles. The molecule has 0 atom stereocenters. The van der Waals surface area contributed by atoms with Crippen molar-refractivity contribution in [3.8, 4) is 17.4 Å². The molecule has 0 spiro atoms. The van der Waals surface area contributed by atoms with E-state index in [2.05, 4.69) is 24.9 Å². The fraction of sp³-hybridized carbons (Fsp3) is 0.353. The molecule has 3 rings (SSSR count). The summed E-state index contributed by atoms with van der Waals surface area (Å²) in [5, 5.41) is 9.13. The highest BCUT2D eigenvalue weighted by molar-refractivity contribution is 5.51. The van der Waals surface area contributed by atoms with E-state index in [-0.39, 0.29) is 12.2 Å². The van der Waals surface area contributed by atoms with Gasteiger partial charge in [-0.2, -0.15) is 0 Å². The molecule has 4 nitrogen and oxygen atoms in total. The molecule has 4 heteroatoms. The zero-order valence-corrected chi connectivity index (χ0v) is 12.5. The fourth-order valence-electron chi connectivity index (χ4n) is 2.59. The van der Waals surface area contributed by atoms with Gasteiger partial charge in [0, 0.05) is 23.7 Å². The summed E-state index contributed by atoms with van der Waals surface area (Å²) in [6.45, 7) is 6.02. The Bertz CT molecular complexity index is 680. The first-order valence-corrected chi connectivity index (χ1v) is 7.04. The van der Waals surface area contributed by atoms with E-state index in [0.717, 1.165) is 28.9 Å². The second-order valence-electron chi connectivity index (χ2n) is 6.01. The van der Waals surface area contributed by atoms with Gasteiger partial charge in [0.25, 0.3) is 0 Å². The molecule has 0 unspecified atom stereocenters. The van der Waals surface area contributed by atoms with Gasteiger partial charge in [-0.3, -0.25) is 0 Å². The standard InChI is InChI=1S/C17H19NO3/c1-11-7-12(10-19)9-18-16(11)20-14-6-4-5-13-8-17(2,3)21-15(13)14/h4-7,9,19H,8,10H2,1-3H3. The molecule has 21 heavy (non-hydrogen) atoms. The number of para-hydroxylation sites is 1. The highest BCUT2D eigenvalue weighted by Crippen LogP contribution is 2.43. The first-order valence-electron chi connectivity index (χ1n) is 7.04. The number of fused-ring (bicyclic) bond motifs is 1. The summed E-state index contributed by atoms with van der Waals surface area (Å²) >= 11 is 0. The van der Waals surface area contributed by atoms with Gasteiger partial charge in [0.15, 0.2) is 11.5 Å². The van der Waals surface area contributed by atoms with Crippen LogP contribution in [0.2, 0.25) is 0 Å². The van der Waals surface area contributed by atoms with Crippen LogP contribution < -0.4 is 9.47 Å². The van der Waals surface area contributed by atoms with Crippen molar-refractivity contribution in [3.05, 3.63) is 47.2 Å². The minimum atomic E-state index is -0.203. The molecule has 1 N–H and O–H groups in total. The van der Waals surface area contributed by atoms with Crippen molar-refractivity contribution in [1.29, 1.82) is 0 Å². The minimum Gasteiger partial charge on any atom is -0.483 e. The van der Waals surface area contributed by atoms with Crippen LogP contribution in [0.15, 0.2) is 30.5 Å². The average molecular weight is 285 g/mol. The molecular formula is C17H19NO3. The molecule has 0 fully saturated rings. The van der Waals surface area contributed by atoms with Gasteiger partial charge >= 0.3 is 0 Å². The van der Waals surface area contributed by atoms with Gasteiger partial charge in [0.2, 0.25) is 5.88 Å². The number of hydrogen-bond donors (Lipinski definition) is 1. The fourth-order valence-corrected chi connectivity index (χ4v) is 2.59. The summed E-state index contributed by atoms with van der Waals surface area (Å²) in [6.07, 6.45) is 2.49. The van der Waals surface area contributed by atoms with Gasteiger partial charge in [-0.05, 0) is 38.5 Å². The van der Waals surface area contributed by atoms with Crippen molar-refractivity contribution in [1.82, 2.24) is 4.98 Å². The Morgan fingerprint density at radius 1 is 1.38 bits per heavy atom. The Hall–Kier alpha value is -2.07. The molecule has 0 aliphatic carbocycles. The topological polar surface area (TPSA) is 51.6 Å². The first-order chi connectivity index (χ1) is 9.98. The van der Waals surface area contributed by atoms with Crippen molar-refractivity contribution < 1.29 is 14.6 Å². The molecule has 110 valence electrons. The Morgan fingerprint density at radius 2 is 2.19 bits per heavy atom. The van der Waals surface area contributed by atoms with Crippen molar-refractivity contribution >= 4 is 0 Å². The molecule has 0 saturated heterocycles. The molecule has 1 aliphatic rings. The van der Waals surface area contributed by atoms with E-state index in [4.69, 9.17) is 14.6 Å². The zero-order valence-electron chi connectivity index (χ0n) is 12.5. The van der Waals surface area contributed by atoms with Crippen molar-refractivity contribution in [2.24, 2.45) is 0 Å². The normalized spacial score (nSPS) is 15.4. The van der Waals surface area contributed by atoms with Crippen LogP contribution in [0.5, 0.6) is 17.4 Å². The molecular weight excluding hydrogens is 266 g/mol. The number of aryl methyl sites for hydroxylation is 1. The summed E-state index contributed by atoms with van der Waals surface area (Å²) in [4.78, 5) is 4.27. The van der Waals surface area contributed by atoms with E-state index >= 15 is 0 Å². The lowest BCUT2D eigenvalue weighted by Crippen LogP contribution is -2.24. The second kappa shape index (κ2) is 5.04. The lowest BCUT2D eigenvalue weighted by molar-refractivity contribution is 0.135. The minimum absolute atomic E-state index is 0.0217. The molecule has 0 amide bonds. The monoisotopic (exact) mass is 285 g/mol. The summed E-state index contributed by atoms with van der Waals surface area (Å²) < 4.78 is 11.9. The maximum absolute atomic E-state index is 9.13. The quantitative estimate of drug-likeness (QED) is 0.939. The SMILES string of the molecule is Cc1cc(CO)cnc1Oc1cccc2c1OC(C)(C)C2. The number of pyridine rings is 1. The molecule has 0 bridgehead atoms. The zero-order chi connectivity index (χ0) is 15.0. The summed E-state index contributed by atoms with van der Waals surface area (Å²) in [6, 6.07) is 7.79. The lowest BCUT2D eigenvalue weighted by Gasteiger charge is -2.18. The van der Waals surface area contributed by atoms with Gasteiger partial charge < -0.3 is 14.6 Å². The number of hydrogen-bond acceptors (Lipinski definition) is 4. The van der Waals surface area contributed by atoms with Crippen LogP contribution >= 0.6 is 0 Å². The summed E-state index contributed by atoms with van der Waals surface area (Å²) in [5.41, 5.74) is 2.61.